The summed E-state index contributed by atoms with van der Waals surface area (Å²) in [7, 11) is 0. The van der Waals surface area contributed by atoms with Gasteiger partial charge in [-0.2, -0.15) is 0 Å². The van der Waals surface area contributed by atoms with Crippen LogP contribution >= 0.6 is 12.2 Å². The summed E-state index contributed by atoms with van der Waals surface area (Å²) in [6, 6.07) is 0. The summed E-state index contributed by atoms with van der Waals surface area (Å²) in [5.41, 5.74) is 2.19. The lowest BCUT2D eigenvalue weighted by atomic mass is 10.6. The van der Waals surface area contributed by atoms with Crippen molar-refractivity contribution in [3.05, 3.63) is 0 Å². The Morgan fingerprint density at radius 1 is 1.90 bits per heavy atom. The van der Waals surface area contributed by atoms with Crippen molar-refractivity contribution in [1.82, 2.24) is 10.3 Å². The number of thiocarbonyl (C=S) groups is 1. The molecule has 1 amide bonds. The van der Waals surface area contributed by atoms with Crippen LogP contribution in [-0.4, -0.2) is 29.3 Å². The molecule has 0 aromatic rings. The molecule has 0 saturated carbocycles. The molecule has 1 rings (SSSR count). The largest absolute Gasteiger partial charge is 0.447 e. The van der Waals surface area contributed by atoms with E-state index in [-0.39, 0.29) is 5.11 Å². The monoisotopic (exact) mass is 161 g/mol. The number of carbonyl (C=O) groups is 1. The van der Waals surface area contributed by atoms with E-state index in [1.807, 2.05) is 0 Å². The van der Waals surface area contributed by atoms with E-state index in [1.165, 1.54) is 4.90 Å². The second-order valence-electron chi connectivity index (χ2n) is 1.72. The molecular formula is C4H7N3O2S. The summed E-state index contributed by atoms with van der Waals surface area (Å²) in [6.07, 6.45) is -0.442. The molecule has 0 spiro atoms. The summed E-state index contributed by atoms with van der Waals surface area (Å²) >= 11 is 4.68. The van der Waals surface area contributed by atoms with Crippen molar-refractivity contribution < 1.29 is 9.53 Å². The van der Waals surface area contributed by atoms with Crippen molar-refractivity contribution in [1.29, 1.82) is 0 Å². The Morgan fingerprint density at radius 3 is 3.00 bits per heavy atom. The normalized spacial score (nSPS) is 16.9. The number of nitrogens with one attached hydrogen (secondary N) is 1. The number of hydrogen-bond donors (Lipinski definition) is 2. The van der Waals surface area contributed by atoms with Gasteiger partial charge in [0, 0.05) is 0 Å². The molecule has 6 heteroatoms. The molecule has 0 atom stereocenters. The highest BCUT2D eigenvalue weighted by Crippen LogP contribution is 2.02. The van der Waals surface area contributed by atoms with E-state index in [1.54, 1.807) is 0 Å². The number of nitrogens with zero attached hydrogens (tertiary/aromatic N) is 1. The smallest absolute Gasteiger partial charge is 0.416 e. The Balaban J connectivity index is 2.55. The molecule has 3 N–H and O–H groups in total. The Labute approximate surface area is 63.1 Å². The Hall–Kier alpha value is -0.880. The zero-order valence-corrected chi connectivity index (χ0v) is 5.98. The first kappa shape index (κ1) is 7.23. The van der Waals surface area contributed by atoms with E-state index in [9.17, 15) is 4.79 Å². The van der Waals surface area contributed by atoms with Gasteiger partial charge < -0.3 is 10.2 Å². The van der Waals surface area contributed by atoms with Crippen molar-refractivity contribution in [3.63, 3.8) is 0 Å². The van der Waals surface area contributed by atoms with Gasteiger partial charge in [-0.3, -0.25) is 0 Å². The number of hydrazine groups is 1. The van der Waals surface area contributed by atoms with E-state index in [4.69, 9.17) is 5.84 Å². The third-order valence-corrected chi connectivity index (χ3v) is 1.47. The number of hydrogen-bond acceptors (Lipinski definition) is 4. The molecule has 0 radical (unpaired) electrons. The van der Waals surface area contributed by atoms with Crippen LogP contribution in [0.25, 0.3) is 0 Å². The predicted octanol–water partition coefficient (Wildman–Crippen LogP) is -0.813. The number of carbonyl (C=O) groups excluding carboxylic acids is 1. The van der Waals surface area contributed by atoms with Gasteiger partial charge in [-0.1, -0.05) is 0 Å². The molecule has 0 bridgehead atoms. The fourth-order valence-corrected chi connectivity index (χ4v) is 0.822. The highest BCUT2D eigenvalue weighted by Gasteiger charge is 2.24. The minimum absolute atomic E-state index is 0.197. The molecule has 0 aromatic carbocycles. The lowest BCUT2D eigenvalue weighted by Crippen LogP contribution is -2.43. The second-order valence-corrected chi connectivity index (χ2v) is 2.10. The predicted molar refractivity (Wildman–Crippen MR) is 38.0 cm³/mol. The average Bonchev–Trinajstić information content (AvgIpc) is 2.34. The van der Waals surface area contributed by atoms with Crippen LogP contribution in [0.3, 0.4) is 0 Å². The number of nitrogens with two attached hydrogens (primary N) is 1. The maximum atomic E-state index is 10.7. The van der Waals surface area contributed by atoms with E-state index >= 15 is 0 Å². The number of cyclic esters (lactones) is 1. The van der Waals surface area contributed by atoms with Gasteiger partial charge in [-0.25, -0.2) is 15.5 Å². The molecule has 5 nitrogen and oxygen atoms in total. The van der Waals surface area contributed by atoms with Gasteiger partial charge in [-0.15, -0.1) is 0 Å². The first-order valence-corrected chi connectivity index (χ1v) is 3.11. The molecule has 1 aliphatic heterocycles. The van der Waals surface area contributed by atoms with Crippen molar-refractivity contribution in [2.75, 3.05) is 13.2 Å². The van der Waals surface area contributed by atoms with E-state index in [0.29, 0.717) is 13.2 Å². The third kappa shape index (κ3) is 1.17. The van der Waals surface area contributed by atoms with Gasteiger partial charge in [0.15, 0.2) is 5.11 Å². The van der Waals surface area contributed by atoms with Gasteiger partial charge >= 0.3 is 6.09 Å². The molecule has 0 aliphatic carbocycles. The van der Waals surface area contributed by atoms with Gasteiger partial charge in [0.25, 0.3) is 0 Å². The van der Waals surface area contributed by atoms with Crippen LogP contribution in [0.2, 0.25) is 0 Å². The molecular weight excluding hydrogens is 154 g/mol. The summed E-state index contributed by atoms with van der Waals surface area (Å²) in [6.45, 7) is 0.850. The van der Waals surface area contributed by atoms with Crippen molar-refractivity contribution in [2.24, 2.45) is 5.84 Å². The highest BCUT2D eigenvalue weighted by atomic mass is 32.1. The molecule has 1 fully saturated rings. The maximum absolute atomic E-state index is 10.7. The fourth-order valence-electron chi connectivity index (χ4n) is 0.656. The first-order chi connectivity index (χ1) is 4.75. The summed E-state index contributed by atoms with van der Waals surface area (Å²) in [5, 5.41) is 0.197. The van der Waals surface area contributed by atoms with Gasteiger partial charge in [0.2, 0.25) is 0 Å². The van der Waals surface area contributed by atoms with Crippen LogP contribution < -0.4 is 11.3 Å². The molecule has 0 aromatic heterocycles. The summed E-state index contributed by atoms with van der Waals surface area (Å²) in [4.78, 5) is 12.0. The molecule has 0 unspecified atom stereocenters. The van der Waals surface area contributed by atoms with Gasteiger partial charge in [0.1, 0.15) is 6.61 Å². The SMILES string of the molecule is NNC(=S)N1CCOC1=O. The summed E-state index contributed by atoms with van der Waals surface area (Å²) in [5.74, 6) is 4.97. The van der Waals surface area contributed by atoms with Crippen molar-refractivity contribution in [3.8, 4) is 0 Å². The topological polar surface area (TPSA) is 67.6 Å². The molecule has 56 valence electrons. The number of amides is 1. The van der Waals surface area contributed by atoms with E-state index < -0.39 is 6.09 Å². The first-order valence-electron chi connectivity index (χ1n) is 2.70. The zero-order valence-electron chi connectivity index (χ0n) is 5.16. The van der Waals surface area contributed by atoms with Crippen LogP contribution in [-0.2, 0) is 4.74 Å². The maximum Gasteiger partial charge on any atom is 0.416 e. The second kappa shape index (κ2) is 2.80. The standard InChI is InChI=1S/C4H7N3O2S/c5-6-3(10)7-1-2-9-4(7)8/h1-2,5H2,(H,6,10). The van der Waals surface area contributed by atoms with E-state index in [0.717, 1.165) is 0 Å². The van der Waals surface area contributed by atoms with Gasteiger partial charge in [-0.05, 0) is 12.2 Å². The average molecular weight is 161 g/mol. The van der Waals surface area contributed by atoms with Crippen molar-refractivity contribution in [2.45, 2.75) is 0 Å². The van der Waals surface area contributed by atoms with Crippen LogP contribution in [0.4, 0.5) is 4.79 Å². The molecule has 1 saturated heterocycles. The summed E-state index contributed by atoms with van der Waals surface area (Å²) < 4.78 is 4.59. The van der Waals surface area contributed by atoms with Crippen LogP contribution in [0.15, 0.2) is 0 Å². The quantitative estimate of drug-likeness (QED) is 0.276. The lowest BCUT2D eigenvalue weighted by molar-refractivity contribution is 0.168. The molecule has 1 aliphatic rings. The Kier molecular flexibility index (Phi) is 2.03. The zero-order chi connectivity index (χ0) is 7.56. The number of ether oxygens (including phenoxy) is 1. The Bertz CT molecular complexity index is 172. The van der Waals surface area contributed by atoms with Crippen LogP contribution in [0.5, 0.6) is 0 Å². The van der Waals surface area contributed by atoms with Crippen LogP contribution in [0.1, 0.15) is 0 Å². The number of rotatable bonds is 0. The fraction of sp³-hybridized carbons (Fsp3) is 0.500. The minimum Gasteiger partial charge on any atom is -0.447 e. The van der Waals surface area contributed by atoms with Crippen LogP contribution in [0, 0.1) is 0 Å². The van der Waals surface area contributed by atoms with Gasteiger partial charge in [0.05, 0.1) is 6.54 Å². The Morgan fingerprint density at radius 2 is 2.60 bits per heavy atom. The minimum atomic E-state index is -0.442. The van der Waals surface area contributed by atoms with E-state index in [2.05, 4.69) is 22.4 Å². The molecule has 1 heterocycles. The molecule has 10 heavy (non-hydrogen) atoms. The lowest BCUT2D eigenvalue weighted by Gasteiger charge is -2.11. The van der Waals surface area contributed by atoms with Crippen molar-refractivity contribution >= 4 is 23.4 Å². The highest BCUT2D eigenvalue weighted by molar-refractivity contribution is 7.80. The third-order valence-electron chi connectivity index (χ3n) is 1.13.